The molecule has 0 spiro atoms. The van der Waals surface area contributed by atoms with Crippen LogP contribution in [0.1, 0.15) is 37.3 Å². The topological polar surface area (TPSA) is 49.3 Å². The van der Waals surface area contributed by atoms with Crippen LogP contribution in [0.4, 0.5) is 0 Å². The van der Waals surface area contributed by atoms with Gasteiger partial charge in [0.15, 0.2) is 0 Å². The highest BCUT2D eigenvalue weighted by Gasteiger charge is 2.29. The van der Waals surface area contributed by atoms with Crippen LogP contribution in [0.5, 0.6) is 0 Å². The van der Waals surface area contributed by atoms with Crippen molar-refractivity contribution >= 4 is 5.91 Å². The first-order chi connectivity index (χ1) is 8.70. The van der Waals surface area contributed by atoms with Gasteiger partial charge in [-0.2, -0.15) is 0 Å². The monoisotopic (exact) mass is 247 g/mol. The molecule has 2 N–H and O–H groups in total. The van der Waals surface area contributed by atoms with Gasteiger partial charge in [0, 0.05) is 12.5 Å². The zero-order chi connectivity index (χ0) is 13.0. The molecule has 0 saturated heterocycles. The lowest BCUT2D eigenvalue weighted by Gasteiger charge is -2.15. The maximum Gasteiger partial charge on any atom is 0.223 e. The third-order valence-electron chi connectivity index (χ3n) is 3.87. The van der Waals surface area contributed by atoms with Crippen molar-refractivity contribution in [2.45, 2.75) is 39.3 Å². The van der Waals surface area contributed by atoms with Gasteiger partial charge in [-0.05, 0) is 29.9 Å². The molecule has 1 fully saturated rings. The van der Waals surface area contributed by atoms with Crippen LogP contribution in [-0.2, 0) is 17.9 Å². The summed E-state index contributed by atoms with van der Waals surface area (Å²) in [5.41, 5.74) is 1.97. The summed E-state index contributed by atoms with van der Waals surface area (Å²) in [7, 11) is 0. The first-order valence-corrected chi connectivity index (χ1v) is 6.67. The molecule has 2 rings (SSSR count). The average Bonchev–Trinajstić information content (AvgIpc) is 2.83. The van der Waals surface area contributed by atoms with E-state index in [1.165, 1.54) is 12.8 Å². The summed E-state index contributed by atoms with van der Waals surface area (Å²) in [6.07, 6.45) is 3.37. The second-order valence-corrected chi connectivity index (χ2v) is 5.21. The summed E-state index contributed by atoms with van der Waals surface area (Å²) in [5.74, 6) is 0.898. The first kappa shape index (κ1) is 13.1. The summed E-state index contributed by atoms with van der Waals surface area (Å²) in [5, 5.41) is 12.0. The second kappa shape index (κ2) is 6.01. The lowest BCUT2D eigenvalue weighted by molar-refractivity contribution is -0.126. The SMILES string of the molecule is CC1CCCC1C(=O)NCc1ccc(CO)cc1. The van der Waals surface area contributed by atoms with E-state index in [0.29, 0.717) is 12.5 Å². The van der Waals surface area contributed by atoms with Crippen LogP contribution >= 0.6 is 0 Å². The highest BCUT2D eigenvalue weighted by Crippen LogP contribution is 2.31. The van der Waals surface area contributed by atoms with Crippen molar-refractivity contribution in [1.82, 2.24) is 5.32 Å². The molecule has 1 amide bonds. The zero-order valence-electron chi connectivity index (χ0n) is 10.9. The lowest BCUT2D eigenvalue weighted by Crippen LogP contribution is -2.31. The van der Waals surface area contributed by atoms with E-state index in [4.69, 9.17) is 5.11 Å². The number of carbonyl (C=O) groups excluding carboxylic acids is 1. The molecule has 3 heteroatoms. The quantitative estimate of drug-likeness (QED) is 0.857. The molecule has 1 aliphatic rings. The van der Waals surface area contributed by atoms with Crippen LogP contribution < -0.4 is 5.32 Å². The number of benzene rings is 1. The number of hydrogen-bond acceptors (Lipinski definition) is 2. The molecule has 2 atom stereocenters. The van der Waals surface area contributed by atoms with Crippen LogP contribution in [0.15, 0.2) is 24.3 Å². The van der Waals surface area contributed by atoms with E-state index in [-0.39, 0.29) is 18.4 Å². The Balaban J connectivity index is 1.85. The molecule has 98 valence electrons. The predicted octanol–water partition coefficient (Wildman–Crippen LogP) is 2.23. The molecule has 0 bridgehead atoms. The highest BCUT2D eigenvalue weighted by atomic mass is 16.3. The van der Waals surface area contributed by atoms with Crippen LogP contribution in [0.25, 0.3) is 0 Å². The number of hydrogen-bond donors (Lipinski definition) is 2. The molecule has 1 aromatic rings. The van der Waals surface area contributed by atoms with Crippen LogP contribution in [-0.4, -0.2) is 11.0 Å². The molecule has 1 aliphatic carbocycles. The van der Waals surface area contributed by atoms with E-state index in [0.717, 1.165) is 17.5 Å². The fourth-order valence-electron chi connectivity index (χ4n) is 2.62. The van der Waals surface area contributed by atoms with E-state index < -0.39 is 0 Å². The minimum absolute atomic E-state index is 0.0617. The Hall–Kier alpha value is -1.35. The van der Waals surface area contributed by atoms with Crippen molar-refractivity contribution in [1.29, 1.82) is 0 Å². The Morgan fingerprint density at radius 1 is 1.28 bits per heavy atom. The maximum absolute atomic E-state index is 12.0. The van der Waals surface area contributed by atoms with Crippen LogP contribution in [0.3, 0.4) is 0 Å². The maximum atomic E-state index is 12.0. The van der Waals surface area contributed by atoms with Crippen molar-refractivity contribution in [2.24, 2.45) is 11.8 Å². The van der Waals surface area contributed by atoms with Gasteiger partial charge in [-0.15, -0.1) is 0 Å². The van der Waals surface area contributed by atoms with Gasteiger partial charge in [0.25, 0.3) is 0 Å². The first-order valence-electron chi connectivity index (χ1n) is 6.67. The Morgan fingerprint density at radius 3 is 2.50 bits per heavy atom. The summed E-state index contributed by atoms with van der Waals surface area (Å²) < 4.78 is 0. The van der Waals surface area contributed by atoms with E-state index in [9.17, 15) is 4.79 Å². The van der Waals surface area contributed by atoms with E-state index in [1.54, 1.807) is 0 Å². The Kier molecular flexibility index (Phi) is 4.37. The molecule has 0 aromatic heterocycles. The summed E-state index contributed by atoms with van der Waals surface area (Å²) >= 11 is 0. The van der Waals surface area contributed by atoms with Gasteiger partial charge in [-0.25, -0.2) is 0 Å². The molecule has 0 radical (unpaired) electrons. The molecule has 1 saturated carbocycles. The van der Waals surface area contributed by atoms with Crippen molar-refractivity contribution in [3.8, 4) is 0 Å². The predicted molar refractivity (Wildman–Crippen MR) is 70.7 cm³/mol. The van der Waals surface area contributed by atoms with Crippen molar-refractivity contribution in [3.05, 3.63) is 35.4 Å². The van der Waals surface area contributed by atoms with E-state index in [2.05, 4.69) is 12.2 Å². The van der Waals surface area contributed by atoms with Crippen LogP contribution in [0, 0.1) is 11.8 Å². The largest absolute Gasteiger partial charge is 0.392 e. The Bertz CT molecular complexity index is 399. The molecule has 3 nitrogen and oxygen atoms in total. The third-order valence-corrected chi connectivity index (χ3v) is 3.87. The molecule has 1 aromatic carbocycles. The molecule has 18 heavy (non-hydrogen) atoms. The van der Waals surface area contributed by atoms with Gasteiger partial charge in [0.05, 0.1) is 6.61 Å². The minimum atomic E-state index is 0.0617. The molecule has 0 heterocycles. The van der Waals surface area contributed by atoms with Gasteiger partial charge in [0.2, 0.25) is 5.91 Å². The lowest BCUT2D eigenvalue weighted by atomic mass is 9.97. The molecular formula is C15H21NO2. The Labute approximate surface area is 108 Å². The van der Waals surface area contributed by atoms with Crippen LogP contribution in [0.2, 0.25) is 0 Å². The number of rotatable bonds is 4. The normalized spacial score (nSPS) is 23.0. The molecule has 0 aliphatic heterocycles. The minimum Gasteiger partial charge on any atom is -0.392 e. The summed E-state index contributed by atoms with van der Waals surface area (Å²) in [4.78, 5) is 12.0. The van der Waals surface area contributed by atoms with Crippen molar-refractivity contribution < 1.29 is 9.90 Å². The van der Waals surface area contributed by atoms with Gasteiger partial charge in [-0.1, -0.05) is 37.6 Å². The summed E-state index contributed by atoms with van der Waals surface area (Å²) in [6, 6.07) is 7.67. The number of carbonyl (C=O) groups is 1. The van der Waals surface area contributed by atoms with Gasteiger partial charge >= 0.3 is 0 Å². The van der Waals surface area contributed by atoms with E-state index >= 15 is 0 Å². The summed E-state index contributed by atoms with van der Waals surface area (Å²) in [6.45, 7) is 2.80. The smallest absolute Gasteiger partial charge is 0.223 e. The number of aliphatic hydroxyl groups is 1. The zero-order valence-corrected chi connectivity index (χ0v) is 10.9. The van der Waals surface area contributed by atoms with Crippen molar-refractivity contribution in [3.63, 3.8) is 0 Å². The Morgan fingerprint density at radius 2 is 1.94 bits per heavy atom. The highest BCUT2D eigenvalue weighted by molar-refractivity contribution is 5.79. The molecule has 2 unspecified atom stereocenters. The number of nitrogens with one attached hydrogen (secondary N) is 1. The van der Waals surface area contributed by atoms with Gasteiger partial charge < -0.3 is 10.4 Å². The average molecular weight is 247 g/mol. The number of aliphatic hydroxyl groups excluding tert-OH is 1. The standard InChI is InChI=1S/C15H21NO2/c1-11-3-2-4-14(11)15(18)16-9-12-5-7-13(10-17)8-6-12/h5-8,11,14,17H,2-4,9-10H2,1H3,(H,16,18). The van der Waals surface area contributed by atoms with Gasteiger partial charge in [-0.3, -0.25) is 4.79 Å². The number of amides is 1. The fraction of sp³-hybridized carbons (Fsp3) is 0.533. The third kappa shape index (κ3) is 3.10. The second-order valence-electron chi connectivity index (χ2n) is 5.21. The van der Waals surface area contributed by atoms with Gasteiger partial charge in [0.1, 0.15) is 0 Å². The fourth-order valence-corrected chi connectivity index (χ4v) is 2.62. The van der Waals surface area contributed by atoms with Crippen molar-refractivity contribution in [2.75, 3.05) is 0 Å². The molecular weight excluding hydrogens is 226 g/mol. The van der Waals surface area contributed by atoms with E-state index in [1.807, 2.05) is 24.3 Å².